The number of benzene rings is 1. The van der Waals surface area contributed by atoms with Crippen LogP contribution in [0.4, 0.5) is 20.2 Å². The Hall–Kier alpha value is -4.97. The fraction of sp³-hybridized carbons (Fsp3) is 0.207. The first-order valence-corrected chi connectivity index (χ1v) is 13.0. The van der Waals surface area contributed by atoms with Crippen molar-refractivity contribution in [3.05, 3.63) is 66.8 Å². The van der Waals surface area contributed by atoms with Crippen LogP contribution >= 0.6 is 0 Å². The molecule has 0 fully saturated rings. The van der Waals surface area contributed by atoms with Gasteiger partial charge in [0.05, 0.1) is 28.5 Å². The summed E-state index contributed by atoms with van der Waals surface area (Å²) in [6, 6.07) is 8.32. The van der Waals surface area contributed by atoms with E-state index in [1.165, 1.54) is 18.3 Å². The van der Waals surface area contributed by atoms with Crippen LogP contribution in [0.5, 0.6) is 0 Å². The molecule has 5 aromatic heterocycles. The van der Waals surface area contributed by atoms with Crippen molar-refractivity contribution in [2.75, 3.05) is 51.5 Å². The van der Waals surface area contributed by atoms with E-state index in [-0.39, 0.29) is 11.0 Å². The number of nitrogens with zero attached hydrogens (tertiary/aromatic N) is 7. The molecule has 10 nitrogen and oxygen atoms in total. The van der Waals surface area contributed by atoms with Crippen molar-refractivity contribution in [1.29, 1.82) is 0 Å². The number of rotatable bonds is 8. The molecule has 0 aliphatic carbocycles. The quantitative estimate of drug-likeness (QED) is 0.242. The maximum Gasteiger partial charge on any atom is 0.184 e. The third-order valence-electron chi connectivity index (χ3n) is 6.77. The molecule has 0 unspecified atom stereocenters. The summed E-state index contributed by atoms with van der Waals surface area (Å²) < 4.78 is 30.7. The monoisotopic (exact) mass is 554 g/mol. The van der Waals surface area contributed by atoms with Crippen molar-refractivity contribution < 1.29 is 8.78 Å². The fourth-order valence-corrected chi connectivity index (χ4v) is 4.66. The predicted molar refractivity (Wildman–Crippen MR) is 157 cm³/mol. The molecule has 0 bridgehead atoms. The van der Waals surface area contributed by atoms with Gasteiger partial charge in [-0.25, -0.2) is 18.7 Å². The normalized spacial score (nSPS) is 11.6. The third-order valence-corrected chi connectivity index (χ3v) is 6.77. The Kier molecular flexibility index (Phi) is 6.75. The number of hydrogen-bond donors (Lipinski definition) is 3. The lowest BCUT2D eigenvalue weighted by molar-refractivity contribution is 0.425. The van der Waals surface area contributed by atoms with Crippen molar-refractivity contribution >= 4 is 33.4 Å². The summed E-state index contributed by atoms with van der Waals surface area (Å²) in [6.07, 6.45) is 6.38. The number of fused-ring (bicyclic) bond motifs is 2. The highest BCUT2D eigenvalue weighted by atomic mass is 19.1. The van der Waals surface area contributed by atoms with Gasteiger partial charge in [0.25, 0.3) is 0 Å². The summed E-state index contributed by atoms with van der Waals surface area (Å²) in [5, 5.41) is 10.5. The third kappa shape index (κ3) is 5.05. The van der Waals surface area contributed by atoms with Crippen LogP contribution in [0.15, 0.2) is 55.1 Å². The molecule has 0 aliphatic rings. The van der Waals surface area contributed by atoms with E-state index in [9.17, 15) is 4.39 Å². The number of anilines is 2. The van der Waals surface area contributed by atoms with Crippen molar-refractivity contribution in [3.63, 3.8) is 0 Å². The Labute approximate surface area is 234 Å². The molecule has 0 spiro atoms. The number of pyridine rings is 3. The van der Waals surface area contributed by atoms with Gasteiger partial charge in [0.2, 0.25) is 0 Å². The van der Waals surface area contributed by atoms with Crippen LogP contribution in [0, 0.1) is 11.6 Å². The first-order chi connectivity index (χ1) is 19.8. The summed E-state index contributed by atoms with van der Waals surface area (Å²) in [5.41, 5.74) is 5.16. The molecule has 41 heavy (non-hydrogen) atoms. The molecule has 1 aromatic carbocycles. The highest BCUT2D eigenvalue weighted by molar-refractivity contribution is 5.97. The average molecular weight is 555 g/mol. The van der Waals surface area contributed by atoms with Gasteiger partial charge < -0.3 is 20.1 Å². The molecule has 0 atom stereocenters. The van der Waals surface area contributed by atoms with E-state index < -0.39 is 11.6 Å². The molecule has 0 amide bonds. The van der Waals surface area contributed by atoms with Crippen LogP contribution in [-0.2, 0) is 0 Å². The summed E-state index contributed by atoms with van der Waals surface area (Å²) in [4.78, 5) is 25.1. The van der Waals surface area contributed by atoms with E-state index in [0.717, 1.165) is 12.2 Å². The Morgan fingerprint density at radius 1 is 0.951 bits per heavy atom. The summed E-state index contributed by atoms with van der Waals surface area (Å²) in [5.74, 6) is -0.526. The van der Waals surface area contributed by atoms with E-state index in [1.807, 2.05) is 50.1 Å². The molecule has 0 saturated carbocycles. The zero-order valence-corrected chi connectivity index (χ0v) is 23.0. The minimum Gasteiger partial charge on any atom is -0.384 e. The molecule has 208 valence electrons. The van der Waals surface area contributed by atoms with Gasteiger partial charge in [0.15, 0.2) is 11.5 Å². The topological polar surface area (TPSA) is 115 Å². The molecule has 5 heterocycles. The van der Waals surface area contributed by atoms with Gasteiger partial charge in [0.1, 0.15) is 22.8 Å². The van der Waals surface area contributed by atoms with Crippen LogP contribution in [0.25, 0.3) is 56.0 Å². The highest BCUT2D eigenvalue weighted by Gasteiger charge is 2.21. The van der Waals surface area contributed by atoms with Crippen molar-refractivity contribution in [3.8, 4) is 33.9 Å². The van der Waals surface area contributed by atoms with Crippen LogP contribution < -0.4 is 10.2 Å². The lowest BCUT2D eigenvalue weighted by atomic mass is 10.1. The van der Waals surface area contributed by atoms with E-state index in [2.05, 4.69) is 35.5 Å². The van der Waals surface area contributed by atoms with E-state index in [4.69, 9.17) is 4.98 Å². The summed E-state index contributed by atoms with van der Waals surface area (Å²) >= 11 is 0. The smallest absolute Gasteiger partial charge is 0.184 e. The summed E-state index contributed by atoms with van der Waals surface area (Å²) in [7, 11) is 7.74. The molecule has 0 radical (unpaired) electrons. The lowest BCUT2D eigenvalue weighted by Crippen LogP contribution is -2.20. The standard InChI is InChI=1S/C29H28F2N10/c1-40(2)8-7-33-19-10-16(9-18(30)12-19)25-26-22(5-6-34-25)36-29(37-26)27-23-24(31)21(15-35-28(23)39-38-27)17-11-20(41(3)4)14-32-13-17/h5-6,9-15,33H,7-8H2,1-4H3,(H,36,37)(H,35,38,39). The maximum absolute atomic E-state index is 16.1. The Morgan fingerprint density at radius 2 is 1.80 bits per heavy atom. The Balaban J connectivity index is 1.42. The van der Waals surface area contributed by atoms with Gasteiger partial charge in [-0.3, -0.25) is 15.1 Å². The zero-order chi connectivity index (χ0) is 28.7. The number of hydrogen-bond acceptors (Lipinski definition) is 8. The second-order valence-electron chi connectivity index (χ2n) is 10.2. The van der Waals surface area contributed by atoms with Crippen LogP contribution in [0.3, 0.4) is 0 Å². The van der Waals surface area contributed by atoms with E-state index >= 15 is 4.39 Å². The fourth-order valence-electron chi connectivity index (χ4n) is 4.66. The molecule has 6 rings (SSSR count). The van der Waals surface area contributed by atoms with Crippen molar-refractivity contribution in [1.82, 2.24) is 40.0 Å². The highest BCUT2D eigenvalue weighted by Crippen LogP contribution is 2.35. The second-order valence-corrected chi connectivity index (χ2v) is 10.2. The van der Waals surface area contributed by atoms with Crippen LogP contribution in [0.2, 0.25) is 0 Å². The molecule has 0 saturated heterocycles. The van der Waals surface area contributed by atoms with Gasteiger partial charge >= 0.3 is 0 Å². The number of nitrogens with one attached hydrogen (secondary N) is 3. The molecule has 3 N–H and O–H groups in total. The first kappa shape index (κ1) is 26.3. The first-order valence-electron chi connectivity index (χ1n) is 13.0. The minimum atomic E-state index is -0.492. The van der Waals surface area contributed by atoms with E-state index in [0.29, 0.717) is 57.2 Å². The number of aromatic amines is 2. The number of aromatic nitrogens is 7. The molecule has 0 aliphatic heterocycles. The molecular formula is C29H28F2N10. The zero-order valence-electron chi connectivity index (χ0n) is 23.0. The Bertz CT molecular complexity index is 1880. The average Bonchev–Trinajstić information content (AvgIpc) is 3.57. The van der Waals surface area contributed by atoms with Crippen LogP contribution in [-0.4, -0.2) is 81.3 Å². The minimum absolute atomic E-state index is 0.199. The van der Waals surface area contributed by atoms with Gasteiger partial charge in [0, 0.05) is 68.2 Å². The van der Waals surface area contributed by atoms with Gasteiger partial charge in [-0.05, 0) is 44.4 Å². The van der Waals surface area contributed by atoms with Gasteiger partial charge in [-0.1, -0.05) is 0 Å². The largest absolute Gasteiger partial charge is 0.384 e. The van der Waals surface area contributed by atoms with Gasteiger partial charge in [-0.15, -0.1) is 0 Å². The molecule has 6 aromatic rings. The summed E-state index contributed by atoms with van der Waals surface area (Å²) in [6.45, 7) is 1.45. The van der Waals surface area contributed by atoms with Crippen molar-refractivity contribution in [2.24, 2.45) is 0 Å². The number of likely N-dealkylation sites (N-methyl/N-ethyl adjacent to an activating group) is 1. The molecular weight excluding hydrogens is 526 g/mol. The predicted octanol–water partition coefficient (Wildman–Crippen LogP) is 4.94. The lowest BCUT2D eigenvalue weighted by Gasteiger charge is -2.13. The molecule has 12 heteroatoms. The van der Waals surface area contributed by atoms with Crippen LogP contribution in [0.1, 0.15) is 0 Å². The number of H-pyrrole nitrogens is 2. The number of halogens is 2. The van der Waals surface area contributed by atoms with Crippen molar-refractivity contribution in [2.45, 2.75) is 0 Å². The Morgan fingerprint density at radius 3 is 2.61 bits per heavy atom. The maximum atomic E-state index is 16.1. The number of imidazole rings is 1. The SMILES string of the molecule is CN(C)CCNc1cc(F)cc(-c2nccc3[nH]c(-c4[nH]nc5ncc(-c6cncc(N(C)C)c6)c(F)c45)nc23)c1. The van der Waals surface area contributed by atoms with E-state index in [1.54, 1.807) is 24.7 Å². The second kappa shape index (κ2) is 10.5. The van der Waals surface area contributed by atoms with Gasteiger partial charge in [-0.2, -0.15) is 5.10 Å².